The molecule has 3 aliphatic heterocycles. The monoisotopic (exact) mass is 1060 g/mol. The van der Waals surface area contributed by atoms with Crippen LogP contribution in [0.3, 0.4) is 0 Å². The van der Waals surface area contributed by atoms with Gasteiger partial charge in [-0.15, -0.1) is 0 Å². The standard InChI is InChI=1S/C53H84O21/c1-11-22(2)44(67)70-31-19-48(4,5)16-25-24-12-13-29-50(8)17-26(56)42(49(6,7)28(50)14-15-51(29,9)52(24,10)18-30(57)53(25,31)21-55)74-47-41(73-46-37(63)35(61)33(59)27(20-54)69-46)39(38(64)40(72-47)43(65)66)71-45-36(62)34(60)32(58)23(3)68-45/h11-12,23,25-42,45-47,54-64H,13-21H2,1-10H3,(H,65,66). The smallest absolute Gasteiger partial charge is 0.335 e. The number of aliphatic carboxylic acids is 1. The van der Waals surface area contributed by atoms with E-state index in [9.17, 15) is 70.9 Å². The van der Waals surface area contributed by atoms with Gasteiger partial charge in [0.1, 0.15) is 67.1 Å². The van der Waals surface area contributed by atoms with Crippen LogP contribution in [-0.4, -0.2) is 203 Å². The van der Waals surface area contributed by atoms with E-state index in [1.807, 2.05) is 13.8 Å². The second-order valence-corrected chi connectivity index (χ2v) is 25.3. The van der Waals surface area contributed by atoms with Crippen molar-refractivity contribution in [2.24, 2.45) is 50.2 Å². The predicted octanol–water partition coefficient (Wildman–Crippen LogP) is 0.163. The molecule has 74 heavy (non-hydrogen) atoms. The number of ether oxygens (including phenoxy) is 7. The normalized spacial score (nSPS) is 52.1. The summed E-state index contributed by atoms with van der Waals surface area (Å²) in [6, 6.07) is 0. The van der Waals surface area contributed by atoms with Crippen molar-refractivity contribution in [1.82, 2.24) is 0 Å². The molecule has 0 amide bonds. The number of carbonyl (C=O) groups excluding carboxylic acids is 1. The number of carboxylic acids is 1. The van der Waals surface area contributed by atoms with Gasteiger partial charge in [0.15, 0.2) is 25.0 Å². The SMILES string of the molecule is CC=C(C)C(=O)OC1CC(C)(C)CC2C3=CCC4C5(C)CC(O)C(OC6OC(C(=O)O)C(O)C(OC7OC(C)C(O)C(O)C7O)C6OC6OC(CO)C(O)C(O)C6O)C(C)(C)C5CCC4(C)C3(C)CC(O)C12CO. The first kappa shape index (κ1) is 57.9. The van der Waals surface area contributed by atoms with E-state index in [1.54, 1.807) is 19.9 Å². The van der Waals surface area contributed by atoms with Crippen molar-refractivity contribution in [1.29, 1.82) is 0 Å². The molecule has 8 aliphatic rings. The Bertz CT molecular complexity index is 2130. The second kappa shape index (κ2) is 20.4. The predicted molar refractivity (Wildman–Crippen MR) is 257 cm³/mol. The maximum absolute atomic E-state index is 13.4. The number of carbonyl (C=O) groups is 2. The van der Waals surface area contributed by atoms with Gasteiger partial charge in [-0.05, 0) is 111 Å². The van der Waals surface area contributed by atoms with Crippen molar-refractivity contribution in [3.8, 4) is 0 Å². The van der Waals surface area contributed by atoms with Gasteiger partial charge in [-0.1, -0.05) is 66.2 Å². The summed E-state index contributed by atoms with van der Waals surface area (Å²) in [6.45, 7) is 18.4. The van der Waals surface area contributed by atoms with Gasteiger partial charge in [-0.3, -0.25) is 0 Å². The Kier molecular flexibility index (Phi) is 16.0. The summed E-state index contributed by atoms with van der Waals surface area (Å²) < 4.78 is 42.7. The minimum Gasteiger partial charge on any atom is -0.479 e. The molecular weight excluding hydrogens is 973 g/mol. The maximum atomic E-state index is 13.4. The van der Waals surface area contributed by atoms with E-state index in [0.717, 1.165) is 5.57 Å². The molecule has 0 spiro atoms. The van der Waals surface area contributed by atoms with Gasteiger partial charge in [0.05, 0.1) is 43.0 Å². The zero-order valence-corrected chi connectivity index (χ0v) is 44.3. The van der Waals surface area contributed by atoms with Gasteiger partial charge in [0, 0.05) is 5.57 Å². The number of rotatable bonds is 11. The average Bonchev–Trinajstić information content (AvgIpc) is 3.32. The molecule has 12 N–H and O–H groups in total. The summed E-state index contributed by atoms with van der Waals surface area (Å²) in [5.41, 5.74) is -2.46. The first-order valence-corrected chi connectivity index (χ1v) is 26.4. The van der Waals surface area contributed by atoms with Crippen molar-refractivity contribution < 1.29 is 104 Å². The third-order valence-electron chi connectivity index (χ3n) is 20.3. The molecule has 4 saturated carbocycles. The van der Waals surface area contributed by atoms with Crippen molar-refractivity contribution in [3.63, 3.8) is 0 Å². The fraction of sp³-hybridized carbons (Fsp3) is 0.887. The Balaban J connectivity index is 1.13. The van der Waals surface area contributed by atoms with Crippen LogP contribution in [0, 0.1) is 50.2 Å². The third-order valence-corrected chi connectivity index (χ3v) is 20.3. The Morgan fingerprint density at radius 2 is 1.35 bits per heavy atom. The van der Waals surface area contributed by atoms with Crippen LogP contribution in [0.5, 0.6) is 0 Å². The largest absolute Gasteiger partial charge is 0.479 e. The molecule has 7 fully saturated rings. The fourth-order valence-corrected chi connectivity index (χ4v) is 16.0. The van der Waals surface area contributed by atoms with E-state index in [1.165, 1.54) is 6.92 Å². The molecule has 5 aliphatic carbocycles. The highest BCUT2D eigenvalue weighted by Crippen LogP contribution is 2.76. The van der Waals surface area contributed by atoms with Gasteiger partial charge >= 0.3 is 11.9 Å². The fourth-order valence-electron chi connectivity index (χ4n) is 16.0. The van der Waals surface area contributed by atoms with Gasteiger partial charge in [-0.2, -0.15) is 0 Å². The molecule has 3 heterocycles. The van der Waals surface area contributed by atoms with E-state index < -0.39 is 162 Å². The number of allylic oxidation sites excluding steroid dienone is 3. The molecule has 0 bridgehead atoms. The van der Waals surface area contributed by atoms with Crippen LogP contribution >= 0.6 is 0 Å². The summed E-state index contributed by atoms with van der Waals surface area (Å²) in [4.78, 5) is 26.3. The number of aliphatic hydroxyl groups excluding tert-OH is 11. The molecule has 422 valence electrons. The zero-order valence-electron chi connectivity index (χ0n) is 44.3. The molecule has 3 saturated heterocycles. The summed E-state index contributed by atoms with van der Waals surface area (Å²) >= 11 is 0. The van der Waals surface area contributed by atoms with Gasteiger partial charge in [0.25, 0.3) is 0 Å². The molecule has 26 unspecified atom stereocenters. The highest BCUT2D eigenvalue weighted by molar-refractivity contribution is 5.87. The van der Waals surface area contributed by atoms with E-state index in [0.29, 0.717) is 44.1 Å². The van der Waals surface area contributed by atoms with Crippen LogP contribution in [0.4, 0.5) is 0 Å². The Hall–Kier alpha value is -2.26. The van der Waals surface area contributed by atoms with E-state index in [2.05, 4.69) is 40.7 Å². The van der Waals surface area contributed by atoms with Crippen LogP contribution in [0.15, 0.2) is 23.3 Å². The topological polar surface area (TPSA) is 342 Å². The first-order valence-electron chi connectivity index (χ1n) is 26.4. The van der Waals surface area contributed by atoms with Gasteiger partial charge in [-0.25, -0.2) is 9.59 Å². The number of esters is 1. The molecule has 21 heteroatoms. The maximum Gasteiger partial charge on any atom is 0.335 e. The Labute approximate surface area is 432 Å². The minimum absolute atomic E-state index is 0.0653. The molecule has 26 atom stereocenters. The highest BCUT2D eigenvalue weighted by Gasteiger charge is 2.73. The van der Waals surface area contributed by atoms with Crippen molar-refractivity contribution in [2.45, 2.75) is 231 Å². The van der Waals surface area contributed by atoms with E-state index in [4.69, 9.17) is 33.2 Å². The number of carboxylic acid groups (broad SMARTS) is 1. The van der Waals surface area contributed by atoms with Crippen LogP contribution in [-0.2, 0) is 42.7 Å². The summed E-state index contributed by atoms with van der Waals surface area (Å²) in [7, 11) is 0. The van der Waals surface area contributed by atoms with Crippen molar-refractivity contribution in [3.05, 3.63) is 23.3 Å². The molecular formula is C53H84O21. The van der Waals surface area contributed by atoms with Gasteiger partial charge < -0.3 is 94.4 Å². The highest BCUT2D eigenvalue weighted by atomic mass is 16.8. The molecule has 0 radical (unpaired) electrons. The van der Waals surface area contributed by atoms with Crippen LogP contribution < -0.4 is 0 Å². The second-order valence-electron chi connectivity index (χ2n) is 25.3. The van der Waals surface area contributed by atoms with Crippen LogP contribution in [0.25, 0.3) is 0 Å². The van der Waals surface area contributed by atoms with E-state index >= 15 is 0 Å². The Morgan fingerprint density at radius 3 is 1.96 bits per heavy atom. The number of hydrogen-bond acceptors (Lipinski definition) is 20. The Morgan fingerprint density at radius 1 is 0.730 bits per heavy atom. The van der Waals surface area contributed by atoms with Gasteiger partial charge in [0.2, 0.25) is 0 Å². The number of fused-ring (bicyclic) bond motifs is 7. The molecule has 0 aromatic carbocycles. The van der Waals surface area contributed by atoms with Crippen LogP contribution in [0.2, 0.25) is 0 Å². The molecule has 0 aromatic heterocycles. The lowest BCUT2D eigenvalue weighted by Crippen LogP contribution is -2.71. The first-order chi connectivity index (χ1) is 34.4. The van der Waals surface area contributed by atoms with Crippen LogP contribution in [0.1, 0.15) is 114 Å². The molecule has 21 nitrogen and oxygen atoms in total. The summed E-state index contributed by atoms with van der Waals surface area (Å²) in [5, 5.41) is 134. The van der Waals surface area contributed by atoms with Crippen molar-refractivity contribution >= 4 is 11.9 Å². The summed E-state index contributed by atoms with van der Waals surface area (Å²) in [6.07, 6.45) is -24.2. The molecule has 8 rings (SSSR count). The zero-order chi connectivity index (χ0) is 54.7. The quantitative estimate of drug-likeness (QED) is 0.0568. The molecule has 0 aromatic rings. The lowest BCUT2D eigenvalue weighted by Gasteiger charge is -2.72. The lowest BCUT2D eigenvalue weighted by atomic mass is 9.33. The number of hydrogen-bond donors (Lipinski definition) is 12. The lowest BCUT2D eigenvalue weighted by molar-refractivity contribution is -0.398. The summed E-state index contributed by atoms with van der Waals surface area (Å²) in [5.74, 6) is -2.72. The average molecular weight is 1060 g/mol. The third kappa shape index (κ3) is 9.06. The van der Waals surface area contributed by atoms with E-state index in [-0.39, 0.29) is 36.2 Å². The minimum atomic E-state index is -2.16. The number of aliphatic hydroxyl groups is 11. The van der Waals surface area contributed by atoms with Crippen molar-refractivity contribution in [2.75, 3.05) is 13.2 Å².